The highest BCUT2D eigenvalue weighted by atomic mass is 19.4. The lowest BCUT2D eigenvalue weighted by Crippen LogP contribution is -2.42. The molecular weight excluding hydrogens is 399 g/mol. The number of alkyl halides is 3. The second kappa shape index (κ2) is 7.34. The van der Waals surface area contributed by atoms with Crippen molar-refractivity contribution in [3.8, 4) is 0 Å². The normalized spacial score (nSPS) is 18.5. The maximum absolute atomic E-state index is 12.8. The fourth-order valence-electron chi connectivity index (χ4n) is 3.48. The van der Waals surface area contributed by atoms with Gasteiger partial charge in [0.1, 0.15) is 0 Å². The Kier molecular flexibility index (Phi) is 4.83. The lowest BCUT2D eigenvalue weighted by atomic mass is 10.0. The van der Waals surface area contributed by atoms with E-state index in [0.717, 1.165) is 9.96 Å². The zero-order valence-electron chi connectivity index (χ0n) is 15.4. The van der Waals surface area contributed by atoms with Crippen LogP contribution in [-0.4, -0.2) is 45.9 Å². The number of carbonyl (C=O) groups excluding carboxylic acids is 2. The van der Waals surface area contributed by atoms with Crippen LogP contribution in [0, 0.1) is 0 Å². The molecule has 0 saturated carbocycles. The molecule has 9 heteroatoms. The number of fused-ring (bicyclic) bond motifs is 1. The molecule has 0 fully saturated rings. The monoisotopic (exact) mass is 415 g/mol. The fraction of sp³-hybridized carbons (Fsp3) is 0.143. The lowest BCUT2D eigenvalue weighted by Gasteiger charge is -2.29. The standard InChI is InChI=1S/C21H16F3N3O3/c22-21(23,24)25-18-8-4-3-5-15(18)13-9-10-14(27(30)11-13)12-26-19(28)16-6-1-2-7-17(16)20(26)29/h1-11,14,25,30H,12H2. The fourth-order valence-corrected chi connectivity index (χ4v) is 3.48. The van der Waals surface area contributed by atoms with Crippen molar-refractivity contribution in [1.82, 2.24) is 9.96 Å². The molecule has 1 atom stereocenters. The highest BCUT2D eigenvalue weighted by Gasteiger charge is 2.37. The Hall–Kier alpha value is -3.59. The molecule has 2 amide bonds. The minimum atomic E-state index is -4.61. The van der Waals surface area contributed by atoms with Gasteiger partial charge in [0.05, 0.1) is 23.7 Å². The van der Waals surface area contributed by atoms with Crippen molar-refractivity contribution in [2.45, 2.75) is 12.3 Å². The van der Waals surface area contributed by atoms with Gasteiger partial charge < -0.3 is 0 Å². The highest BCUT2D eigenvalue weighted by Crippen LogP contribution is 2.31. The van der Waals surface area contributed by atoms with Crippen molar-refractivity contribution >= 4 is 23.1 Å². The number of nitrogens with zero attached hydrogens (tertiary/aromatic N) is 2. The number of benzene rings is 2. The molecule has 30 heavy (non-hydrogen) atoms. The summed E-state index contributed by atoms with van der Waals surface area (Å²) in [6.07, 6.45) is -0.266. The van der Waals surface area contributed by atoms with Crippen molar-refractivity contribution in [3.63, 3.8) is 0 Å². The van der Waals surface area contributed by atoms with Crippen LogP contribution < -0.4 is 5.32 Å². The average molecular weight is 415 g/mol. The number of para-hydroxylation sites is 1. The molecule has 6 nitrogen and oxygen atoms in total. The van der Waals surface area contributed by atoms with Crippen LogP contribution in [0.4, 0.5) is 18.9 Å². The largest absolute Gasteiger partial charge is 0.482 e. The molecule has 0 aliphatic carbocycles. The predicted octanol–water partition coefficient (Wildman–Crippen LogP) is 3.89. The first kappa shape index (κ1) is 19.7. The van der Waals surface area contributed by atoms with E-state index in [2.05, 4.69) is 0 Å². The Bertz CT molecular complexity index is 1040. The van der Waals surface area contributed by atoms with E-state index in [1.165, 1.54) is 35.8 Å². The van der Waals surface area contributed by atoms with Gasteiger partial charge in [-0.05, 0) is 18.2 Å². The Morgan fingerprint density at radius 1 is 0.933 bits per heavy atom. The van der Waals surface area contributed by atoms with E-state index in [1.807, 2.05) is 0 Å². The maximum atomic E-state index is 12.8. The molecule has 0 saturated heterocycles. The second-order valence-electron chi connectivity index (χ2n) is 6.83. The summed E-state index contributed by atoms with van der Waals surface area (Å²) in [4.78, 5) is 26.0. The quantitative estimate of drug-likeness (QED) is 0.586. The molecule has 2 aliphatic rings. The van der Waals surface area contributed by atoms with Gasteiger partial charge in [-0.15, -0.1) is 0 Å². The van der Waals surface area contributed by atoms with E-state index in [0.29, 0.717) is 16.7 Å². The van der Waals surface area contributed by atoms with Crippen LogP contribution >= 0.6 is 0 Å². The molecule has 0 spiro atoms. The average Bonchev–Trinajstić information content (AvgIpc) is 2.94. The first-order valence-corrected chi connectivity index (χ1v) is 9.01. The summed E-state index contributed by atoms with van der Waals surface area (Å²) in [7, 11) is 0. The second-order valence-corrected chi connectivity index (χ2v) is 6.83. The highest BCUT2D eigenvalue weighted by molar-refractivity contribution is 6.21. The van der Waals surface area contributed by atoms with E-state index in [9.17, 15) is 28.0 Å². The number of amides is 2. The Balaban J connectivity index is 1.53. The van der Waals surface area contributed by atoms with Crippen LogP contribution in [0.15, 0.2) is 66.9 Å². The van der Waals surface area contributed by atoms with Gasteiger partial charge in [0.2, 0.25) is 0 Å². The van der Waals surface area contributed by atoms with Gasteiger partial charge in [-0.25, -0.2) is 0 Å². The van der Waals surface area contributed by atoms with Gasteiger partial charge >= 0.3 is 6.30 Å². The van der Waals surface area contributed by atoms with Crippen molar-refractivity contribution in [1.29, 1.82) is 0 Å². The van der Waals surface area contributed by atoms with Gasteiger partial charge in [-0.3, -0.25) is 30.1 Å². The van der Waals surface area contributed by atoms with Crippen molar-refractivity contribution in [2.24, 2.45) is 0 Å². The summed E-state index contributed by atoms with van der Waals surface area (Å²) < 4.78 is 38.3. The van der Waals surface area contributed by atoms with E-state index < -0.39 is 24.2 Å². The number of hydroxylamine groups is 2. The van der Waals surface area contributed by atoms with Crippen molar-refractivity contribution < 1.29 is 28.0 Å². The summed E-state index contributed by atoms with van der Waals surface area (Å²) in [6.45, 7) is -0.106. The van der Waals surface area contributed by atoms with Gasteiger partial charge in [0.25, 0.3) is 11.8 Å². The van der Waals surface area contributed by atoms with Gasteiger partial charge in [0, 0.05) is 23.0 Å². The Morgan fingerprint density at radius 2 is 1.50 bits per heavy atom. The molecule has 2 heterocycles. The van der Waals surface area contributed by atoms with E-state index in [4.69, 9.17) is 0 Å². The van der Waals surface area contributed by atoms with Crippen molar-refractivity contribution in [3.05, 3.63) is 83.6 Å². The molecule has 2 N–H and O–H groups in total. The third-order valence-electron chi connectivity index (χ3n) is 4.87. The Morgan fingerprint density at radius 3 is 2.07 bits per heavy atom. The van der Waals surface area contributed by atoms with E-state index >= 15 is 0 Å². The number of anilines is 1. The maximum Gasteiger partial charge on any atom is 0.482 e. The molecule has 1 unspecified atom stereocenters. The third-order valence-corrected chi connectivity index (χ3v) is 4.87. The predicted molar refractivity (Wildman–Crippen MR) is 102 cm³/mol. The van der Waals surface area contributed by atoms with Crippen molar-refractivity contribution in [2.75, 3.05) is 11.9 Å². The number of halogens is 3. The molecule has 2 aliphatic heterocycles. The Labute approximate surface area is 169 Å². The van der Waals surface area contributed by atoms with Crippen LogP contribution in [0.2, 0.25) is 0 Å². The minimum Gasteiger partial charge on any atom is -0.297 e. The summed E-state index contributed by atoms with van der Waals surface area (Å²) in [5, 5.41) is 12.6. The summed E-state index contributed by atoms with van der Waals surface area (Å²) >= 11 is 0. The van der Waals surface area contributed by atoms with Crippen LogP contribution in [0.3, 0.4) is 0 Å². The first-order valence-electron chi connectivity index (χ1n) is 9.01. The van der Waals surface area contributed by atoms with Gasteiger partial charge in [0.15, 0.2) is 0 Å². The van der Waals surface area contributed by atoms with Gasteiger partial charge in [-0.1, -0.05) is 42.5 Å². The number of nitrogens with one attached hydrogen (secondary N) is 1. The molecule has 0 radical (unpaired) electrons. The topological polar surface area (TPSA) is 72.9 Å². The number of imide groups is 1. The number of hydrogen-bond donors (Lipinski definition) is 2. The van der Waals surface area contributed by atoms with E-state index in [-0.39, 0.29) is 17.8 Å². The van der Waals surface area contributed by atoms with Crippen LogP contribution in [-0.2, 0) is 0 Å². The smallest absolute Gasteiger partial charge is 0.297 e. The van der Waals surface area contributed by atoms with E-state index in [1.54, 1.807) is 36.4 Å². The molecule has 0 aromatic heterocycles. The number of allylic oxidation sites excluding steroid dienone is 2. The number of carbonyl (C=O) groups is 2. The van der Waals surface area contributed by atoms with Crippen LogP contribution in [0.1, 0.15) is 26.3 Å². The first-order chi connectivity index (χ1) is 14.2. The van der Waals surface area contributed by atoms with Gasteiger partial charge in [-0.2, -0.15) is 13.2 Å². The zero-order valence-corrected chi connectivity index (χ0v) is 15.4. The molecular formula is C21H16F3N3O3. The molecule has 2 aromatic rings. The van der Waals surface area contributed by atoms with Crippen LogP contribution in [0.25, 0.3) is 5.57 Å². The molecule has 0 bridgehead atoms. The minimum absolute atomic E-state index is 0.106. The summed E-state index contributed by atoms with van der Waals surface area (Å²) in [6, 6.07) is 11.5. The molecule has 2 aromatic carbocycles. The summed E-state index contributed by atoms with van der Waals surface area (Å²) in [5.41, 5.74) is 1.02. The lowest BCUT2D eigenvalue weighted by molar-refractivity contribution is -0.0999. The van der Waals surface area contributed by atoms with Crippen LogP contribution in [0.5, 0.6) is 0 Å². The number of rotatable bonds is 4. The SMILES string of the molecule is O=C1c2ccccc2C(=O)N1CC1C=CC(c2ccccc2NC(F)(F)F)=CN1O. The summed E-state index contributed by atoms with van der Waals surface area (Å²) in [5.74, 6) is -0.904. The molecule has 4 rings (SSSR count). The third kappa shape index (κ3) is 3.67. The zero-order chi connectivity index (χ0) is 21.5. The number of hydrogen-bond acceptors (Lipinski definition) is 5. The molecule has 154 valence electrons.